The number of hydrogen-bond acceptors (Lipinski definition) is 6. The SMILES string of the molecule is COc1ccc(S(=O)(=O)Nc2ccc(OC)c(OC)c2)cc1NC(C)=O. The second kappa shape index (κ2) is 7.96. The highest BCUT2D eigenvalue weighted by molar-refractivity contribution is 7.92. The van der Waals surface area contributed by atoms with Gasteiger partial charge in [0.15, 0.2) is 11.5 Å². The first-order chi connectivity index (χ1) is 12.3. The van der Waals surface area contributed by atoms with Crippen molar-refractivity contribution in [1.29, 1.82) is 0 Å². The molecule has 0 radical (unpaired) electrons. The Hall–Kier alpha value is -2.94. The zero-order valence-corrected chi connectivity index (χ0v) is 15.6. The van der Waals surface area contributed by atoms with E-state index >= 15 is 0 Å². The van der Waals surface area contributed by atoms with E-state index in [1.807, 2.05) is 0 Å². The summed E-state index contributed by atoms with van der Waals surface area (Å²) in [6, 6.07) is 8.82. The Kier molecular flexibility index (Phi) is 5.93. The molecule has 2 aromatic rings. The van der Waals surface area contributed by atoms with Gasteiger partial charge in [-0.2, -0.15) is 0 Å². The predicted octanol–water partition coefficient (Wildman–Crippen LogP) is 2.47. The number of nitrogens with one attached hydrogen (secondary N) is 2. The molecule has 2 N–H and O–H groups in total. The Balaban J connectivity index is 2.37. The Labute approximate surface area is 152 Å². The monoisotopic (exact) mass is 380 g/mol. The van der Waals surface area contributed by atoms with Crippen molar-refractivity contribution < 1.29 is 27.4 Å². The Bertz CT molecular complexity index is 911. The number of hydrogen-bond donors (Lipinski definition) is 2. The molecule has 0 aliphatic heterocycles. The molecule has 1 amide bonds. The molecule has 0 bridgehead atoms. The van der Waals surface area contributed by atoms with Crippen molar-refractivity contribution in [3.63, 3.8) is 0 Å². The van der Waals surface area contributed by atoms with E-state index in [2.05, 4.69) is 10.0 Å². The molecule has 140 valence electrons. The fourth-order valence-corrected chi connectivity index (χ4v) is 3.33. The van der Waals surface area contributed by atoms with Crippen molar-refractivity contribution in [3.8, 4) is 17.2 Å². The highest BCUT2D eigenvalue weighted by atomic mass is 32.2. The van der Waals surface area contributed by atoms with Crippen LogP contribution in [0.25, 0.3) is 0 Å². The van der Waals surface area contributed by atoms with Gasteiger partial charge < -0.3 is 19.5 Å². The zero-order chi connectivity index (χ0) is 19.3. The van der Waals surface area contributed by atoms with Crippen LogP contribution in [0.15, 0.2) is 41.3 Å². The molecule has 0 spiro atoms. The second-order valence-electron chi connectivity index (χ2n) is 5.22. The topological polar surface area (TPSA) is 103 Å². The standard InChI is InChI=1S/C17H20N2O6S/c1-11(20)18-14-10-13(6-8-15(14)23-2)26(21,22)19-12-5-7-16(24-3)17(9-12)25-4/h5-10,19H,1-4H3,(H,18,20). The van der Waals surface area contributed by atoms with Crippen LogP contribution in [0.5, 0.6) is 17.2 Å². The maximum absolute atomic E-state index is 12.7. The summed E-state index contributed by atoms with van der Waals surface area (Å²) in [7, 11) is 0.479. The van der Waals surface area contributed by atoms with E-state index in [0.29, 0.717) is 22.9 Å². The third-order valence-corrected chi connectivity index (χ3v) is 4.81. The molecule has 0 fully saturated rings. The first-order valence-corrected chi connectivity index (χ1v) is 8.99. The van der Waals surface area contributed by atoms with Crippen LogP contribution in [-0.4, -0.2) is 35.7 Å². The van der Waals surface area contributed by atoms with Gasteiger partial charge in [0.05, 0.1) is 37.6 Å². The van der Waals surface area contributed by atoms with Gasteiger partial charge in [-0.15, -0.1) is 0 Å². The predicted molar refractivity (Wildman–Crippen MR) is 97.7 cm³/mol. The third kappa shape index (κ3) is 4.37. The van der Waals surface area contributed by atoms with E-state index in [9.17, 15) is 13.2 Å². The van der Waals surface area contributed by atoms with Crippen LogP contribution in [0, 0.1) is 0 Å². The van der Waals surface area contributed by atoms with Gasteiger partial charge >= 0.3 is 0 Å². The molecule has 0 aromatic heterocycles. The summed E-state index contributed by atoms with van der Waals surface area (Å²) in [5.41, 5.74) is 0.565. The van der Waals surface area contributed by atoms with Crippen molar-refractivity contribution in [1.82, 2.24) is 0 Å². The lowest BCUT2D eigenvalue weighted by molar-refractivity contribution is -0.114. The molecular weight excluding hydrogens is 360 g/mol. The highest BCUT2D eigenvalue weighted by Crippen LogP contribution is 2.32. The summed E-state index contributed by atoms with van der Waals surface area (Å²) < 4.78 is 43.2. The first-order valence-electron chi connectivity index (χ1n) is 7.51. The van der Waals surface area contributed by atoms with Gasteiger partial charge in [0.1, 0.15) is 5.75 Å². The largest absolute Gasteiger partial charge is 0.495 e. The lowest BCUT2D eigenvalue weighted by Gasteiger charge is -2.14. The number of carbonyl (C=O) groups excluding carboxylic acids is 1. The molecule has 0 saturated carbocycles. The number of rotatable bonds is 7. The van der Waals surface area contributed by atoms with Gasteiger partial charge in [0.25, 0.3) is 10.0 Å². The Morgan fingerprint density at radius 3 is 2.08 bits per heavy atom. The van der Waals surface area contributed by atoms with Crippen molar-refractivity contribution >= 4 is 27.3 Å². The first kappa shape index (κ1) is 19.4. The quantitative estimate of drug-likeness (QED) is 0.765. The lowest BCUT2D eigenvalue weighted by Crippen LogP contribution is -2.14. The number of sulfonamides is 1. The number of benzene rings is 2. The van der Waals surface area contributed by atoms with Crippen molar-refractivity contribution in [2.75, 3.05) is 31.4 Å². The maximum Gasteiger partial charge on any atom is 0.261 e. The minimum atomic E-state index is -3.89. The normalized spacial score (nSPS) is 10.8. The Morgan fingerprint density at radius 2 is 1.50 bits per heavy atom. The molecule has 0 unspecified atom stereocenters. The van der Waals surface area contributed by atoms with Gasteiger partial charge in [0.2, 0.25) is 5.91 Å². The fourth-order valence-electron chi connectivity index (χ4n) is 2.26. The number of methoxy groups -OCH3 is 3. The van der Waals surface area contributed by atoms with Gasteiger partial charge in [0, 0.05) is 13.0 Å². The summed E-state index contributed by atoms with van der Waals surface area (Å²) in [4.78, 5) is 11.3. The van der Waals surface area contributed by atoms with Crippen molar-refractivity contribution in [2.24, 2.45) is 0 Å². The minimum Gasteiger partial charge on any atom is -0.495 e. The van der Waals surface area contributed by atoms with Crippen molar-refractivity contribution in [3.05, 3.63) is 36.4 Å². The molecule has 0 aliphatic carbocycles. The van der Waals surface area contributed by atoms with E-state index < -0.39 is 10.0 Å². The number of carbonyl (C=O) groups is 1. The molecule has 0 atom stereocenters. The summed E-state index contributed by atoms with van der Waals surface area (Å²) in [6.45, 7) is 1.32. The zero-order valence-electron chi connectivity index (χ0n) is 14.8. The van der Waals surface area contributed by atoms with E-state index in [0.717, 1.165) is 0 Å². The number of amides is 1. The van der Waals surface area contributed by atoms with Gasteiger partial charge in [-0.1, -0.05) is 0 Å². The molecular formula is C17H20N2O6S. The van der Waals surface area contributed by atoms with Crippen LogP contribution >= 0.6 is 0 Å². The van der Waals surface area contributed by atoms with Gasteiger partial charge in [-0.3, -0.25) is 9.52 Å². The molecule has 8 nitrogen and oxygen atoms in total. The fraction of sp³-hybridized carbons (Fsp3) is 0.235. The number of ether oxygens (including phenoxy) is 3. The average Bonchev–Trinajstić information content (AvgIpc) is 2.60. The van der Waals surface area contributed by atoms with Crippen LogP contribution < -0.4 is 24.2 Å². The molecule has 9 heteroatoms. The van der Waals surface area contributed by atoms with Crippen LogP contribution in [-0.2, 0) is 14.8 Å². The highest BCUT2D eigenvalue weighted by Gasteiger charge is 2.18. The number of anilines is 2. The maximum atomic E-state index is 12.7. The van der Waals surface area contributed by atoms with E-state index in [-0.39, 0.29) is 16.5 Å². The molecule has 2 aromatic carbocycles. The summed E-state index contributed by atoms with van der Waals surface area (Å²) >= 11 is 0. The average molecular weight is 380 g/mol. The molecule has 0 saturated heterocycles. The van der Waals surface area contributed by atoms with Gasteiger partial charge in [-0.05, 0) is 30.3 Å². The van der Waals surface area contributed by atoms with Crippen LogP contribution in [0.4, 0.5) is 11.4 Å². The van der Waals surface area contributed by atoms with E-state index in [4.69, 9.17) is 14.2 Å². The molecule has 0 aliphatic rings. The lowest BCUT2D eigenvalue weighted by atomic mass is 10.3. The summed E-state index contributed by atoms with van der Waals surface area (Å²) in [6.07, 6.45) is 0. The molecule has 2 rings (SSSR count). The molecule has 26 heavy (non-hydrogen) atoms. The summed E-state index contributed by atoms with van der Waals surface area (Å²) in [5, 5.41) is 2.54. The third-order valence-electron chi connectivity index (χ3n) is 3.43. The van der Waals surface area contributed by atoms with Crippen LogP contribution in [0.1, 0.15) is 6.92 Å². The summed E-state index contributed by atoms with van der Waals surface area (Å²) in [5.74, 6) is 0.880. The van der Waals surface area contributed by atoms with E-state index in [1.54, 1.807) is 12.1 Å². The van der Waals surface area contributed by atoms with Crippen LogP contribution in [0.3, 0.4) is 0 Å². The van der Waals surface area contributed by atoms with Crippen molar-refractivity contribution in [2.45, 2.75) is 11.8 Å². The molecule has 0 heterocycles. The van der Waals surface area contributed by atoms with Crippen LogP contribution in [0.2, 0.25) is 0 Å². The second-order valence-corrected chi connectivity index (χ2v) is 6.90. The minimum absolute atomic E-state index is 0.0307. The van der Waals surface area contributed by atoms with E-state index in [1.165, 1.54) is 52.5 Å². The Morgan fingerprint density at radius 1 is 0.885 bits per heavy atom. The smallest absolute Gasteiger partial charge is 0.261 e. The van der Waals surface area contributed by atoms with Gasteiger partial charge in [-0.25, -0.2) is 8.42 Å².